The third-order valence-electron chi connectivity index (χ3n) is 3.61. The van der Waals surface area contributed by atoms with Gasteiger partial charge in [-0.25, -0.2) is 26.3 Å². The van der Waals surface area contributed by atoms with Crippen molar-refractivity contribution in [3.63, 3.8) is 0 Å². The summed E-state index contributed by atoms with van der Waals surface area (Å²) in [6.45, 7) is 0. The van der Waals surface area contributed by atoms with Crippen molar-refractivity contribution in [3.8, 4) is 17.2 Å². The first-order valence-corrected chi connectivity index (χ1v) is 8.00. The summed E-state index contributed by atoms with van der Waals surface area (Å²) in [6, 6.07) is 1.84. The summed E-state index contributed by atoms with van der Waals surface area (Å²) in [4.78, 5) is 0. The molecule has 0 bridgehead atoms. The Morgan fingerprint density at radius 3 is 1.42 bits per heavy atom. The van der Waals surface area contributed by atoms with E-state index in [-0.39, 0.29) is 12.1 Å². The molecule has 0 N–H and O–H groups in total. The number of hydrogen-bond donors (Lipinski definition) is 0. The molecular weight excluding hydrogens is 446 g/mol. The minimum atomic E-state index is -2.78. The van der Waals surface area contributed by atoms with Crippen LogP contribution in [0.5, 0.6) is 17.2 Å². The van der Waals surface area contributed by atoms with Crippen molar-refractivity contribution >= 4 is 7.32 Å². The SMILES string of the molecule is Fc1cc(F)c(F)c(OB(Oc2c(F)ccc(F)c2F)Oc2c(F)ccc(F)c2F)c1. The number of benzene rings is 3. The van der Waals surface area contributed by atoms with Gasteiger partial charge in [0, 0.05) is 12.1 Å². The van der Waals surface area contributed by atoms with Crippen LogP contribution in [0.1, 0.15) is 0 Å². The van der Waals surface area contributed by atoms with Gasteiger partial charge in [0.2, 0.25) is 11.6 Å². The Labute approximate surface area is 167 Å². The quantitative estimate of drug-likeness (QED) is 0.283. The van der Waals surface area contributed by atoms with Gasteiger partial charge < -0.3 is 14.0 Å². The van der Waals surface area contributed by atoms with E-state index in [0.717, 1.165) is 0 Å². The zero-order chi connectivity index (χ0) is 22.9. The second kappa shape index (κ2) is 8.70. The third-order valence-corrected chi connectivity index (χ3v) is 3.61. The third kappa shape index (κ3) is 4.65. The van der Waals surface area contributed by atoms with Gasteiger partial charge in [-0.2, -0.15) is 13.2 Å². The zero-order valence-corrected chi connectivity index (χ0v) is 14.7. The van der Waals surface area contributed by atoms with Crippen molar-refractivity contribution in [2.45, 2.75) is 0 Å². The molecule has 3 rings (SSSR count). The lowest BCUT2D eigenvalue weighted by atomic mass is 10.1. The fourth-order valence-corrected chi connectivity index (χ4v) is 2.22. The first-order chi connectivity index (χ1) is 14.6. The fraction of sp³-hybridized carbons (Fsp3) is 0. The van der Waals surface area contributed by atoms with Gasteiger partial charge in [0.15, 0.2) is 46.4 Å². The van der Waals surface area contributed by atoms with Gasteiger partial charge in [-0.1, -0.05) is 0 Å². The Bertz CT molecular complexity index is 1080. The summed E-state index contributed by atoms with van der Waals surface area (Å²) in [5.74, 6) is -19.8. The lowest BCUT2D eigenvalue weighted by Crippen LogP contribution is -2.38. The minimum Gasteiger partial charge on any atom is -0.487 e. The van der Waals surface area contributed by atoms with Crippen LogP contribution in [-0.4, -0.2) is 7.32 Å². The Morgan fingerprint density at radius 1 is 0.484 bits per heavy atom. The molecule has 0 aliphatic rings. The van der Waals surface area contributed by atoms with E-state index in [9.17, 15) is 39.5 Å². The first-order valence-electron chi connectivity index (χ1n) is 8.00. The maximum atomic E-state index is 13.9. The van der Waals surface area contributed by atoms with Crippen LogP contribution in [-0.2, 0) is 0 Å². The van der Waals surface area contributed by atoms with E-state index in [1.807, 2.05) is 0 Å². The molecule has 0 atom stereocenters. The van der Waals surface area contributed by atoms with Gasteiger partial charge in [-0.15, -0.1) is 0 Å². The van der Waals surface area contributed by atoms with Gasteiger partial charge in [0.05, 0.1) is 0 Å². The highest BCUT2D eigenvalue weighted by Gasteiger charge is 2.37. The van der Waals surface area contributed by atoms with E-state index in [4.69, 9.17) is 0 Å². The van der Waals surface area contributed by atoms with Crippen LogP contribution in [0.15, 0.2) is 36.4 Å². The van der Waals surface area contributed by atoms with Crippen LogP contribution in [0.4, 0.5) is 39.5 Å². The van der Waals surface area contributed by atoms with E-state index < -0.39 is 76.9 Å². The average molecular weight is 452 g/mol. The van der Waals surface area contributed by atoms with Gasteiger partial charge in [-0.05, 0) is 24.3 Å². The maximum Gasteiger partial charge on any atom is 0.864 e. The van der Waals surface area contributed by atoms with E-state index in [2.05, 4.69) is 14.0 Å². The molecule has 0 heterocycles. The summed E-state index contributed by atoms with van der Waals surface area (Å²) in [6.07, 6.45) is 0. The highest BCUT2D eigenvalue weighted by atomic mass is 19.2. The Hall–Kier alpha value is -3.51. The van der Waals surface area contributed by atoms with Crippen LogP contribution in [0.3, 0.4) is 0 Å². The second-order valence-electron chi connectivity index (χ2n) is 5.69. The topological polar surface area (TPSA) is 27.7 Å². The van der Waals surface area contributed by atoms with Gasteiger partial charge in [0.25, 0.3) is 0 Å². The molecule has 31 heavy (non-hydrogen) atoms. The largest absolute Gasteiger partial charge is 0.864 e. The van der Waals surface area contributed by atoms with Gasteiger partial charge >= 0.3 is 7.32 Å². The molecule has 162 valence electrons. The molecule has 0 saturated heterocycles. The molecule has 0 aliphatic heterocycles. The van der Waals surface area contributed by atoms with E-state index in [1.54, 1.807) is 0 Å². The molecule has 13 heteroatoms. The van der Waals surface area contributed by atoms with E-state index >= 15 is 0 Å². The normalized spacial score (nSPS) is 10.7. The monoisotopic (exact) mass is 452 g/mol. The Morgan fingerprint density at radius 2 is 0.935 bits per heavy atom. The average Bonchev–Trinajstić information content (AvgIpc) is 2.71. The summed E-state index contributed by atoms with van der Waals surface area (Å²) in [7, 11) is -2.78. The molecular formula is C18H6BF9O3. The van der Waals surface area contributed by atoms with Crippen LogP contribution in [0.2, 0.25) is 0 Å². The van der Waals surface area contributed by atoms with Crippen LogP contribution in [0.25, 0.3) is 0 Å². The number of halogens is 9. The molecule has 0 radical (unpaired) electrons. The predicted molar refractivity (Wildman–Crippen MR) is 86.6 cm³/mol. The summed E-state index contributed by atoms with van der Waals surface area (Å²) < 4.78 is 137. The smallest absolute Gasteiger partial charge is 0.487 e. The summed E-state index contributed by atoms with van der Waals surface area (Å²) >= 11 is 0. The van der Waals surface area contributed by atoms with Crippen molar-refractivity contribution in [1.82, 2.24) is 0 Å². The van der Waals surface area contributed by atoms with E-state index in [1.165, 1.54) is 0 Å². The van der Waals surface area contributed by atoms with Crippen LogP contribution < -0.4 is 14.0 Å². The highest BCUT2D eigenvalue weighted by molar-refractivity contribution is 6.39. The number of rotatable bonds is 6. The van der Waals surface area contributed by atoms with Crippen molar-refractivity contribution < 1.29 is 53.5 Å². The molecule has 0 amide bonds. The van der Waals surface area contributed by atoms with Crippen LogP contribution >= 0.6 is 0 Å². The van der Waals surface area contributed by atoms with Crippen molar-refractivity contribution in [1.29, 1.82) is 0 Å². The van der Waals surface area contributed by atoms with Crippen LogP contribution in [0, 0.1) is 52.4 Å². The Balaban J connectivity index is 2.05. The molecule has 3 aromatic rings. The molecule has 0 spiro atoms. The Kier molecular flexibility index (Phi) is 6.23. The van der Waals surface area contributed by atoms with Crippen molar-refractivity contribution in [2.24, 2.45) is 0 Å². The zero-order valence-electron chi connectivity index (χ0n) is 14.7. The second-order valence-corrected chi connectivity index (χ2v) is 5.69. The van der Waals surface area contributed by atoms with Gasteiger partial charge in [-0.3, -0.25) is 0 Å². The lowest BCUT2D eigenvalue weighted by Gasteiger charge is -2.18. The van der Waals surface area contributed by atoms with Gasteiger partial charge in [0.1, 0.15) is 11.6 Å². The molecule has 0 unspecified atom stereocenters. The molecule has 3 nitrogen and oxygen atoms in total. The summed E-state index contributed by atoms with van der Waals surface area (Å²) in [5, 5.41) is 0. The van der Waals surface area contributed by atoms with Crippen molar-refractivity contribution in [3.05, 3.63) is 88.8 Å². The minimum absolute atomic E-state index is 0.108. The molecule has 0 aliphatic carbocycles. The molecule has 0 saturated carbocycles. The first kappa shape index (κ1) is 22.2. The lowest BCUT2D eigenvalue weighted by molar-refractivity contribution is 0.267. The summed E-state index contributed by atoms with van der Waals surface area (Å²) in [5.41, 5.74) is 0. The van der Waals surface area contributed by atoms with E-state index in [0.29, 0.717) is 24.3 Å². The highest BCUT2D eigenvalue weighted by Crippen LogP contribution is 2.29. The standard InChI is InChI=1S/C18H6BF9O3/c20-7-5-12(25)14(26)13(6-7)29-19(30-17-10(23)3-1-8(21)15(17)27)31-18-11(24)4-2-9(22)16(18)28/h1-6H. The predicted octanol–water partition coefficient (Wildman–Crippen LogP) is 5.46. The fourth-order valence-electron chi connectivity index (χ4n) is 2.22. The van der Waals surface area contributed by atoms with Crippen molar-refractivity contribution in [2.75, 3.05) is 0 Å². The molecule has 0 aromatic heterocycles. The number of hydrogen-bond acceptors (Lipinski definition) is 3. The molecule has 3 aromatic carbocycles. The maximum absolute atomic E-state index is 13.9. The molecule has 0 fully saturated rings.